The molecule has 3 fully saturated rings. The third-order valence-electron chi connectivity index (χ3n) is 12.7. The number of nitrogens with zero attached hydrogens (tertiary/aromatic N) is 2. The zero-order chi connectivity index (χ0) is 42.7. The van der Waals surface area contributed by atoms with Gasteiger partial charge in [-0.15, -0.1) is 0 Å². The highest BCUT2D eigenvalue weighted by atomic mass is 32.2. The highest BCUT2D eigenvalue weighted by Crippen LogP contribution is 2.59. The number of halogens is 4. The Morgan fingerprint density at radius 3 is 2.53 bits per heavy atom. The Bertz CT molecular complexity index is 2170. The summed E-state index contributed by atoms with van der Waals surface area (Å²) >= 11 is 0. The second-order valence-corrected chi connectivity index (χ2v) is 20.0. The van der Waals surface area contributed by atoms with Crippen molar-refractivity contribution < 1.29 is 59.4 Å². The zero-order valence-electron chi connectivity index (χ0n) is 33.7. The van der Waals surface area contributed by atoms with Crippen LogP contribution in [0.1, 0.15) is 115 Å². The van der Waals surface area contributed by atoms with E-state index in [1.807, 2.05) is 26.0 Å². The zero-order valence-corrected chi connectivity index (χ0v) is 34.5. The van der Waals surface area contributed by atoms with Crippen LogP contribution in [0.25, 0.3) is 10.9 Å². The minimum absolute atomic E-state index is 0.0169. The number of Topliss-reactive ketones (excluding diaryl/α,β-unsaturated/α-hetero) is 1. The maximum atomic E-state index is 16.8. The normalized spacial score (nSPS) is 30.0. The Kier molecular flexibility index (Phi) is 11.4. The summed E-state index contributed by atoms with van der Waals surface area (Å²) in [5.74, 6) is -4.85. The molecule has 4 heterocycles. The quantitative estimate of drug-likeness (QED) is 0.165. The van der Waals surface area contributed by atoms with Gasteiger partial charge >= 0.3 is 12.1 Å². The first-order valence-corrected chi connectivity index (χ1v) is 21.8. The second kappa shape index (κ2) is 15.6. The molecular weight excluding hydrogens is 799 g/mol. The van der Waals surface area contributed by atoms with Crippen LogP contribution in [0.3, 0.4) is 0 Å². The van der Waals surface area contributed by atoms with Gasteiger partial charge in [0.2, 0.25) is 21.8 Å². The lowest BCUT2D eigenvalue weighted by atomic mass is 9.84. The minimum Gasteiger partial charge on any atom is -0.497 e. The van der Waals surface area contributed by atoms with Crippen molar-refractivity contribution in [1.29, 1.82) is 0 Å². The number of hydrogen-bond acceptors (Lipinski definition) is 10. The van der Waals surface area contributed by atoms with Gasteiger partial charge in [0.05, 0.1) is 48.4 Å². The molecule has 1 N–H and O–H groups in total. The number of amides is 2. The number of esters is 1. The molecule has 1 saturated heterocycles. The predicted octanol–water partition coefficient (Wildman–Crippen LogP) is 7.08. The van der Waals surface area contributed by atoms with E-state index in [2.05, 4.69) is 9.71 Å². The number of rotatable bonds is 8. The molecule has 2 saturated carbocycles. The van der Waals surface area contributed by atoms with Crippen LogP contribution in [-0.4, -0.2) is 78.5 Å². The van der Waals surface area contributed by atoms with E-state index in [1.54, 1.807) is 0 Å². The van der Waals surface area contributed by atoms with Crippen LogP contribution in [0.2, 0.25) is 0 Å². The Morgan fingerprint density at radius 2 is 1.85 bits per heavy atom. The van der Waals surface area contributed by atoms with Crippen LogP contribution in [0.15, 0.2) is 30.4 Å². The molecule has 17 heteroatoms. The molecular formula is C42H51F4N3O9S. The number of nitrogens with one attached hydrogen (secondary N) is 1. The third kappa shape index (κ3) is 8.41. The Balaban J connectivity index is 1.28. The number of pyridine rings is 1. The molecule has 0 unspecified atom stereocenters. The SMILES string of the molecule is COc1ccc2nc(C(F)(F)F)c3c(c2c1)[C@H](F)C[C@]1(C[C@H]2C(=O)C[C@]4(C(=O)NS(=O)(=O)C5(C)CC5)C[C@H]4/C=C\CCCCC[C@H](CC(=O)OCC(C)C)C(=O)N2C1)O3. The van der Waals surface area contributed by atoms with Crippen molar-refractivity contribution in [3.63, 3.8) is 0 Å². The summed E-state index contributed by atoms with van der Waals surface area (Å²) < 4.78 is 106. The van der Waals surface area contributed by atoms with Gasteiger partial charge in [-0.05, 0) is 75.5 Å². The van der Waals surface area contributed by atoms with E-state index in [-0.39, 0.29) is 54.0 Å². The Morgan fingerprint density at radius 1 is 1.10 bits per heavy atom. The molecule has 2 amide bonds. The third-order valence-corrected chi connectivity index (χ3v) is 14.9. The van der Waals surface area contributed by atoms with Gasteiger partial charge in [-0.1, -0.05) is 38.8 Å². The van der Waals surface area contributed by atoms with Crippen LogP contribution in [0.5, 0.6) is 11.5 Å². The monoisotopic (exact) mass is 849 g/mol. The summed E-state index contributed by atoms with van der Waals surface area (Å²) in [5, 5.41) is 0.0467. The van der Waals surface area contributed by atoms with E-state index in [9.17, 15) is 40.8 Å². The summed E-state index contributed by atoms with van der Waals surface area (Å²) in [6, 6.07) is 2.66. The number of fused-ring (bicyclic) bond motifs is 5. The molecule has 7 rings (SSSR count). The number of benzene rings is 1. The number of methoxy groups -OCH3 is 1. The van der Waals surface area contributed by atoms with Crippen molar-refractivity contribution >= 4 is 44.5 Å². The van der Waals surface area contributed by atoms with Crippen LogP contribution in [-0.2, 0) is 40.1 Å². The van der Waals surface area contributed by atoms with Crippen LogP contribution >= 0.6 is 0 Å². The first-order chi connectivity index (χ1) is 27.7. The van der Waals surface area contributed by atoms with Gasteiger partial charge in [-0.3, -0.25) is 23.9 Å². The molecule has 322 valence electrons. The van der Waals surface area contributed by atoms with Crippen molar-refractivity contribution in [2.45, 2.75) is 127 Å². The Hall–Kier alpha value is -4.28. The summed E-state index contributed by atoms with van der Waals surface area (Å²) in [7, 11) is -2.73. The topological polar surface area (TPSA) is 158 Å². The van der Waals surface area contributed by atoms with E-state index >= 15 is 4.39 Å². The number of ether oxygens (including phenoxy) is 3. The van der Waals surface area contributed by atoms with Crippen molar-refractivity contribution in [3.8, 4) is 11.5 Å². The number of allylic oxidation sites excluding steroid dienone is 2. The maximum Gasteiger partial charge on any atom is 0.437 e. The second-order valence-electron chi connectivity index (χ2n) is 17.8. The first-order valence-electron chi connectivity index (χ1n) is 20.4. The number of carbonyl (C=O) groups excluding carboxylic acids is 4. The number of hydrogen-bond donors (Lipinski definition) is 1. The number of ketones is 1. The van der Waals surface area contributed by atoms with E-state index < -0.39 is 117 Å². The summed E-state index contributed by atoms with van der Waals surface area (Å²) in [6.45, 7) is 4.86. The fourth-order valence-corrected chi connectivity index (χ4v) is 10.2. The van der Waals surface area contributed by atoms with Gasteiger partial charge in [0.15, 0.2) is 17.2 Å². The van der Waals surface area contributed by atoms with Gasteiger partial charge in [0, 0.05) is 36.1 Å². The van der Waals surface area contributed by atoms with Crippen LogP contribution in [0, 0.1) is 23.2 Å². The van der Waals surface area contributed by atoms with Gasteiger partial charge in [0.1, 0.15) is 17.5 Å². The van der Waals surface area contributed by atoms with Gasteiger partial charge in [-0.25, -0.2) is 17.8 Å². The largest absolute Gasteiger partial charge is 0.497 e. The molecule has 1 aromatic heterocycles. The van der Waals surface area contributed by atoms with Crippen molar-refractivity contribution in [2.75, 3.05) is 20.3 Å². The molecule has 2 aliphatic carbocycles. The van der Waals surface area contributed by atoms with Crippen molar-refractivity contribution in [2.24, 2.45) is 23.2 Å². The number of alkyl halides is 4. The molecule has 0 radical (unpaired) electrons. The van der Waals surface area contributed by atoms with E-state index in [0.717, 1.165) is 0 Å². The fraction of sp³-hybridized carbons (Fsp3) is 0.643. The molecule has 6 atom stereocenters. The molecule has 5 aliphatic rings. The average molecular weight is 850 g/mol. The van der Waals surface area contributed by atoms with E-state index in [4.69, 9.17) is 14.2 Å². The van der Waals surface area contributed by atoms with Crippen LogP contribution in [0.4, 0.5) is 17.6 Å². The average Bonchev–Trinajstić information content (AvgIpc) is 4.06. The van der Waals surface area contributed by atoms with Gasteiger partial charge in [0.25, 0.3) is 0 Å². The minimum atomic E-state index is -5.08. The molecule has 1 spiro atoms. The molecule has 0 bridgehead atoms. The molecule has 1 aromatic carbocycles. The van der Waals surface area contributed by atoms with Gasteiger partial charge in [-0.2, -0.15) is 13.2 Å². The lowest BCUT2D eigenvalue weighted by Gasteiger charge is -2.38. The van der Waals surface area contributed by atoms with Crippen molar-refractivity contribution in [3.05, 3.63) is 41.6 Å². The van der Waals surface area contributed by atoms with E-state index in [0.29, 0.717) is 38.5 Å². The molecule has 2 aromatic rings. The molecule has 3 aliphatic heterocycles. The Labute approximate surface area is 340 Å². The molecule has 59 heavy (non-hydrogen) atoms. The standard InChI is InChI=1S/C42H51F4N3O9S/c1-24(2)22-57-33(51)16-25-10-8-6-5-7-9-11-26-18-41(26,38(53)48-59(54,55)39(3)14-15-39)21-32(50)31-20-40(23-49(31)37(25)52)19-29(43)34-28-17-27(56-4)12-13-30(28)47-36(35(34)58-40)42(44,45)46/h9,11-13,17,24-26,29,31H,5-8,10,14-16,18-23H2,1-4H3,(H,48,53)/b11-9-/t25-,26-,29-,31+,40-,41-/m1/s1. The number of aromatic nitrogens is 1. The number of sulfonamides is 1. The lowest BCUT2D eigenvalue weighted by molar-refractivity contribution is -0.151. The number of carbonyl (C=O) groups is 4. The first kappa shape index (κ1) is 42.8. The highest BCUT2D eigenvalue weighted by Gasteiger charge is 2.64. The summed E-state index contributed by atoms with van der Waals surface area (Å²) in [4.78, 5) is 61.6. The fourth-order valence-electron chi connectivity index (χ4n) is 8.87. The summed E-state index contributed by atoms with van der Waals surface area (Å²) in [5.41, 5.74) is -5.32. The van der Waals surface area contributed by atoms with Crippen LogP contribution < -0.4 is 14.2 Å². The maximum absolute atomic E-state index is 16.8. The molecule has 12 nitrogen and oxygen atoms in total. The summed E-state index contributed by atoms with van der Waals surface area (Å²) in [6.07, 6.45) is -1.57. The van der Waals surface area contributed by atoms with E-state index in [1.165, 1.54) is 37.1 Å². The lowest BCUT2D eigenvalue weighted by Crippen LogP contribution is -2.48. The van der Waals surface area contributed by atoms with Gasteiger partial charge < -0.3 is 19.1 Å². The highest BCUT2D eigenvalue weighted by molar-refractivity contribution is 7.91. The van der Waals surface area contributed by atoms with Crippen molar-refractivity contribution in [1.82, 2.24) is 14.6 Å². The predicted molar refractivity (Wildman–Crippen MR) is 206 cm³/mol. The smallest absolute Gasteiger partial charge is 0.437 e.